The summed E-state index contributed by atoms with van der Waals surface area (Å²) in [6.45, 7) is 1.51. The van der Waals surface area contributed by atoms with Crippen LogP contribution >= 0.6 is 11.8 Å². The summed E-state index contributed by atoms with van der Waals surface area (Å²) in [5.41, 5.74) is 1.60. The van der Waals surface area contributed by atoms with Crippen LogP contribution in [0.2, 0.25) is 0 Å². The van der Waals surface area contributed by atoms with E-state index in [9.17, 15) is 8.42 Å². The molecule has 2 aromatic carbocycles. The van der Waals surface area contributed by atoms with Gasteiger partial charge in [-0.1, -0.05) is 30.0 Å². The SMILES string of the molecule is N#CCSc1nnc(-c2ccc(S(=O)(=O)N3CCOCC3)cc2)n1-c1ccccc1. The first kappa shape index (κ1) is 20.6. The molecule has 0 saturated carbocycles. The predicted octanol–water partition coefficient (Wildman–Crippen LogP) is 2.57. The fourth-order valence-electron chi connectivity index (χ4n) is 3.17. The van der Waals surface area contributed by atoms with Gasteiger partial charge < -0.3 is 4.74 Å². The molecule has 154 valence electrons. The van der Waals surface area contributed by atoms with E-state index in [2.05, 4.69) is 16.3 Å². The van der Waals surface area contributed by atoms with Gasteiger partial charge in [-0.05, 0) is 36.4 Å². The van der Waals surface area contributed by atoms with Crippen LogP contribution in [0.25, 0.3) is 17.1 Å². The minimum absolute atomic E-state index is 0.234. The summed E-state index contributed by atoms with van der Waals surface area (Å²) in [7, 11) is -3.56. The molecule has 3 aromatic rings. The van der Waals surface area contributed by atoms with Crippen molar-refractivity contribution in [3.05, 3.63) is 54.6 Å². The number of nitriles is 1. The van der Waals surface area contributed by atoms with Gasteiger partial charge >= 0.3 is 0 Å². The topological polar surface area (TPSA) is 101 Å². The van der Waals surface area contributed by atoms with Crippen LogP contribution < -0.4 is 0 Å². The van der Waals surface area contributed by atoms with Gasteiger partial charge in [-0.2, -0.15) is 9.57 Å². The Morgan fingerprint density at radius 3 is 2.40 bits per heavy atom. The fraction of sp³-hybridized carbons (Fsp3) is 0.250. The third kappa shape index (κ3) is 4.11. The Morgan fingerprint density at radius 2 is 1.73 bits per heavy atom. The van der Waals surface area contributed by atoms with Crippen LogP contribution in [0.5, 0.6) is 0 Å². The quantitative estimate of drug-likeness (QED) is 0.542. The summed E-state index contributed by atoms with van der Waals surface area (Å²) in [4.78, 5) is 0.234. The molecule has 0 aliphatic carbocycles. The van der Waals surface area contributed by atoms with E-state index in [1.165, 1.54) is 16.1 Å². The molecule has 2 heterocycles. The lowest BCUT2D eigenvalue weighted by Crippen LogP contribution is -2.40. The first-order valence-electron chi connectivity index (χ1n) is 9.30. The Hall–Kier alpha value is -2.71. The van der Waals surface area contributed by atoms with Gasteiger partial charge in [0.15, 0.2) is 11.0 Å². The molecule has 4 rings (SSSR count). The second-order valence-electron chi connectivity index (χ2n) is 6.46. The highest BCUT2D eigenvalue weighted by molar-refractivity contribution is 7.99. The maximum absolute atomic E-state index is 12.8. The summed E-state index contributed by atoms with van der Waals surface area (Å²) in [5.74, 6) is 0.832. The van der Waals surface area contributed by atoms with Gasteiger partial charge in [0.2, 0.25) is 10.0 Å². The fourth-order valence-corrected chi connectivity index (χ4v) is 5.19. The van der Waals surface area contributed by atoms with E-state index in [4.69, 9.17) is 10.00 Å². The average Bonchev–Trinajstić information content (AvgIpc) is 3.23. The van der Waals surface area contributed by atoms with Crippen LogP contribution in [0.15, 0.2) is 64.6 Å². The molecule has 1 fully saturated rings. The van der Waals surface area contributed by atoms with Crippen LogP contribution in [-0.4, -0.2) is 59.5 Å². The molecule has 1 aliphatic rings. The monoisotopic (exact) mass is 441 g/mol. The molecule has 0 radical (unpaired) electrons. The van der Waals surface area contributed by atoms with Crippen molar-refractivity contribution in [1.82, 2.24) is 19.1 Å². The first-order chi connectivity index (χ1) is 14.6. The number of nitrogens with zero attached hydrogens (tertiary/aromatic N) is 5. The number of aromatic nitrogens is 3. The lowest BCUT2D eigenvalue weighted by Gasteiger charge is -2.26. The number of rotatable bonds is 6. The third-order valence-electron chi connectivity index (χ3n) is 4.63. The zero-order valence-electron chi connectivity index (χ0n) is 16.0. The summed E-state index contributed by atoms with van der Waals surface area (Å²) in [6.07, 6.45) is 0. The molecule has 1 saturated heterocycles. The van der Waals surface area contributed by atoms with E-state index in [1.54, 1.807) is 24.3 Å². The Morgan fingerprint density at radius 1 is 1.03 bits per heavy atom. The standard InChI is InChI=1S/C20H19N5O3S2/c21-10-15-29-20-23-22-19(25(20)17-4-2-1-3-5-17)16-6-8-18(9-7-16)30(26,27)24-11-13-28-14-12-24/h1-9H,11-15H2. The van der Waals surface area contributed by atoms with Crippen LogP contribution in [0.3, 0.4) is 0 Å². The number of benzene rings is 2. The van der Waals surface area contributed by atoms with Gasteiger partial charge in [-0.3, -0.25) is 4.57 Å². The smallest absolute Gasteiger partial charge is 0.243 e. The average molecular weight is 442 g/mol. The lowest BCUT2D eigenvalue weighted by molar-refractivity contribution is 0.0730. The highest BCUT2D eigenvalue weighted by Gasteiger charge is 2.26. The molecule has 1 aliphatic heterocycles. The van der Waals surface area contributed by atoms with E-state index in [0.717, 1.165) is 11.3 Å². The largest absolute Gasteiger partial charge is 0.379 e. The molecular weight excluding hydrogens is 422 g/mol. The maximum atomic E-state index is 12.8. The molecule has 8 nitrogen and oxygen atoms in total. The molecule has 10 heteroatoms. The Bertz CT molecular complexity index is 1150. The number of para-hydroxylation sites is 1. The highest BCUT2D eigenvalue weighted by Crippen LogP contribution is 2.29. The Balaban J connectivity index is 1.69. The molecule has 0 spiro atoms. The van der Waals surface area contributed by atoms with Gasteiger partial charge in [0.1, 0.15) is 0 Å². The van der Waals surface area contributed by atoms with Gasteiger partial charge in [-0.25, -0.2) is 8.42 Å². The summed E-state index contributed by atoms with van der Waals surface area (Å²) in [6, 6.07) is 18.3. The van der Waals surface area contributed by atoms with Crippen molar-refractivity contribution in [2.45, 2.75) is 10.1 Å². The Kier molecular flexibility index (Phi) is 6.15. The number of morpholine rings is 1. The lowest BCUT2D eigenvalue weighted by atomic mass is 10.2. The van der Waals surface area contributed by atoms with Crippen LogP contribution in [-0.2, 0) is 14.8 Å². The molecule has 0 amide bonds. The van der Waals surface area contributed by atoms with Crippen molar-refractivity contribution >= 4 is 21.8 Å². The molecule has 0 atom stereocenters. The van der Waals surface area contributed by atoms with Crippen molar-refractivity contribution in [2.75, 3.05) is 32.1 Å². The first-order valence-corrected chi connectivity index (χ1v) is 11.7. The summed E-state index contributed by atoms with van der Waals surface area (Å²) < 4.78 is 34.3. The summed E-state index contributed by atoms with van der Waals surface area (Å²) in [5, 5.41) is 18.1. The summed E-state index contributed by atoms with van der Waals surface area (Å²) >= 11 is 1.30. The molecule has 1 aromatic heterocycles. The minimum atomic E-state index is -3.56. The van der Waals surface area contributed by atoms with Gasteiger partial charge in [0, 0.05) is 24.3 Å². The van der Waals surface area contributed by atoms with Crippen LogP contribution in [0, 0.1) is 11.3 Å². The second kappa shape index (κ2) is 8.97. The number of thioether (sulfide) groups is 1. The third-order valence-corrected chi connectivity index (χ3v) is 7.34. The van der Waals surface area contributed by atoms with Gasteiger partial charge in [0.05, 0.1) is 29.9 Å². The second-order valence-corrected chi connectivity index (χ2v) is 9.35. The number of sulfonamides is 1. The van der Waals surface area contributed by atoms with E-state index in [1.807, 2.05) is 34.9 Å². The van der Waals surface area contributed by atoms with E-state index in [0.29, 0.717) is 37.3 Å². The Labute approximate surface area is 179 Å². The van der Waals surface area contributed by atoms with Crippen LogP contribution in [0.1, 0.15) is 0 Å². The van der Waals surface area contributed by atoms with Gasteiger partial charge in [0.25, 0.3) is 0 Å². The normalized spacial score (nSPS) is 15.0. The number of hydrogen-bond acceptors (Lipinski definition) is 7. The van der Waals surface area contributed by atoms with Crippen LogP contribution in [0.4, 0.5) is 0 Å². The van der Waals surface area contributed by atoms with Crippen molar-refractivity contribution < 1.29 is 13.2 Å². The zero-order chi connectivity index (χ0) is 21.0. The van der Waals surface area contributed by atoms with Crippen molar-refractivity contribution in [3.8, 4) is 23.1 Å². The molecule has 0 N–H and O–H groups in total. The maximum Gasteiger partial charge on any atom is 0.243 e. The molecule has 30 heavy (non-hydrogen) atoms. The number of ether oxygens (including phenoxy) is 1. The minimum Gasteiger partial charge on any atom is -0.379 e. The number of hydrogen-bond donors (Lipinski definition) is 0. The van der Waals surface area contributed by atoms with Crippen molar-refractivity contribution in [3.63, 3.8) is 0 Å². The zero-order valence-corrected chi connectivity index (χ0v) is 17.6. The predicted molar refractivity (Wildman–Crippen MR) is 113 cm³/mol. The highest BCUT2D eigenvalue weighted by atomic mass is 32.2. The van der Waals surface area contributed by atoms with Crippen molar-refractivity contribution in [1.29, 1.82) is 5.26 Å². The molecular formula is C20H19N5O3S2. The van der Waals surface area contributed by atoms with E-state index < -0.39 is 10.0 Å². The van der Waals surface area contributed by atoms with E-state index >= 15 is 0 Å². The molecule has 0 unspecified atom stereocenters. The molecule has 0 bridgehead atoms. The van der Waals surface area contributed by atoms with Crippen molar-refractivity contribution in [2.24, 2.45) is 0 Å². The van der Waals surface area contributed by atoms with E-state index in [-0.39, 0.29) is 10.6 Å². The van der Waals surface area contributed by atoms with Gasteiger partial charge in [-0.15, -0.1) is 10.2 Å².